The first-order valence-electron chi connectivity index (χ1n) is 14.5. The highest BCUT2D eigenvalue weighted by Gasteiger charge is 2.54. The summed E-state index contributed by atoms with van der Waals surface area (Å²) < 4.78 is 25.8. The monoisotopic (exact) mass is 561 g/mol. The summed E-state index contributed by atoms with van der Waals surface area (Å²) in [7, 11) is -1.09. The Morgan fingerprint density at radius 1 is 0.476 bits per heavy atom. The first-order chi connectivity index (χ1) is 19.7. The smallest absolute Gasteiger partial charge is 0.399 e. The van der Waals surface area contributed by atoms with Crippen molar-refractivity contribution in [3.05, 3.63) is 79.0 Å². The average Bonchev–Trinajstić information content (AvgIpc) is 3.33. The minimum atomic E-state index is -0.545. The Kier molecular flexibility index (Phi) is 6.93. The van der Waals surface area contributed by atoms with Gasteiger partial charge in [0.1, 0.15) is 0 Å². The molecule has 2 aliphatic rings. The van der Waals surface area contributed by atoms with E-state index >= 15 is 0 Å². The Morgan fingerprint density at radius 3 is 1.33 bits per heavy atom. The van der Waals surface area contributed by atoms with Crippen molar-refractivity contribution in [3.63, 3.8) is 0 Å². The summed E-state index contributed by atoms with van der Waals surface area (Å²) in [5.41, 5.74) is 4.75. The van der Waals surface area contributed by atoms with Crippen molar-refractivity contribution in [1.29, 1.82) is 0 Å². The van der Waals surface area contributed by atoms with Gasteiger partial charge in [0.15, 0.2) is 0 Å². The van der Waals surface area contributed by atoms with Crippen molar-refractivity contribution < 1.29 is 18.6 Å². The zero-order chi connectivity index (χ0) is 29.9. The molecule has 5 heterocycles. The third-order valence-corrected chi connectivity index (χ3v) is 9.01. The van der Waals surface area contributed by atoms with Crippen LogP contribution in [0.25, 0.3) is 34.0 Å². The van der Waals surface area contributed by atoms with Gasteiger partial charge in [0.25, 0.3) is 0 Å². The fourth-order valence-electron chi connectivity index (χ4n) is 5.03. The maximum absolute atomic E-state index is 6.45. The molecule has 1 aromatic carbocycles. The molecule has 2 fully saturated rings. The molecule has 0 unspecified atom stereocenters. The van der Waals surface area contributed by atoms with Crippen LogP contribution in [0, 0.1) is 0 Å². The lowest BCUT2D eigenvalue weighted by atomic mass is 9.70. The molecule has 9 heteroatoms. The molecule has 0 atom stereocenters. The van der Waals surface area contributed by atoms with Crippen LogP contribution in [-0.4, -0.2) is 51.6 Å². The molecule has 7 nitrogen and oxygen atoms in total. The van der Waals surface area contributed by atoms with Gasteiger partial charge in [0, 0.05) is 6.20 Å². The van der Waals surface area contributed by atoms with Gasteiger partial charge in [-0.2, -0.15) is 0 Å². The van der Waals surface area contributed by atoms with Crippen LogP contribution in [0.15, 0.2) is 79.0 Å². The summed E-state index contributed by atoms with van der Waals surface area (Å²) >= 11 is 0. The standard InChI is InChI=1S/C33H37B2N3O4/c1-30(2)31(3,4)40-34(39-30)23-19-22(20-24(21-23)35-41-32(5,6)33(7,8)42-35)25-14-11-16-28(37-25)29-17-12-15-27(38-29)26-13-9-10-18-36-26/h9-21H,1-8H3. The fraction of sp³-hybridized carbons (Fsp3) is 0.364. The van der Waals surface area contributed by atoms with Gasteiger partial charge in [-0.15, -0.1) is 0 Å². The second-order valence-electron chi connectivity index (χ2n) is 13.1. The molecule has 2 saturated heterocycles. The first-order valence-corrected chi connectivity index (χ1v) is 14.5. The number of nitrogens with zero attached hydrogens (tertiary/aromatic N) is 3. The van der Waals surface area contributed by atoms with Crippen molar-refractivity contribution in [1.82, 2.24) is 15.0 Å². The lowest BCUT2D eigenvalue weighted by Crippen LogP contribution is -2.41. The molecule has 0 spiro atoms. The van der Waals surface area contributed by atoms with Gasteiger partial charge in [-0.25, -0.2) is 9.97 Å². The molecule has 0 radical (unpaired) electrons. The Balaban J connectivity index is 1.42. The van der Waals surface area contributed by atoms with E-state index < -0.39 is 36.6 Å². The molecule has 0 bridgehead atoms. The molecule has 6 rings (SSSR count). The molecule has 0 amide bonds. The van der Waals surface area contributed by atoms with Gasteiger partial charge in [-0.1, -0.05) is 36.4 Å². The summed E-state index contributed by atoms with van der Waals surface area (Å²) in [6.45, 7) is 16.5. The minimum absolute atomic E-state index is 0.472. The molecule has 42 heavy (non-hydrogen) atoms. The summed E-state index contributed by atoms with van der Waals surface area (Å²) in [5.74, 6) is 0. The van der Waals surface area contributed by atoms with Crippen molar-refractivity contribution in [2.45, 2.75) is 77.8 Å². The van der Waals surface area contributed by atoms with Gasteiger partial charge in [0.2, 0.25) is 0 Å². The third kappa shape index (κ3) is 5.20. The molecule has 2 aliphatic heterocycles. The number of aromatic nitrogens is 3. The molecular weight excluding hydrogens is 524 g/mol. The van der Waals surface area contributed by atoms with Crippen molar-refractivity contribution in [2.75, 3.05) is 0 Å². The van der Waals surface area contributed by atoms with E-state index in [0.717, 1.165) is 45.0 Å². The van der Waals surface area contributed by atoms with E-state index in [4.69, 9.17) is 28.6 Å². The number of pyridine rings is 3. The van der Waals surface area contributed by atoms with Crippen LogP contribution in [0.4, 0.5) is 0 Å². The predicted molar refractivity (Wildman–Crippen MR) is 168 cm³/mol. The van der Waals surface area contributed by atoms with Crippen LogP contribution in [0.3, 0.4) is 0 Å². The molecule has 0 saturated carbocycles. The normalized spacial score (nSPS) is 20.2. The zero-order valence-corrected chi connectivity index (χ0v) is 25.6. The highest BCUT2D eigenvalue weighted by atomic mass is 16.7. The van der Waals surface area contributed by atoms with Gasteiger partial charge in [-0.05, 0) is 108 Å². The second kappa shape index (κ2) is 10.1. The molecule has 4 aromatic rings. The molecule has 0 N–H and O–H groups in total. The highest BCUT2D eigenvalue weighted by molar-refractivity contribution is 6.66. The van der Waals surface area contributed by atoms with E-state index in [2.05, 4.69) is 78.6 Å². The third-order valence-electron chi connectivity index (χ3n) is 9.01. The van der Waals surface area contributed by atoms with E-state index in [1.165, 1.54) is 0 Å². The summed E-state index contributed by atoms with van der Waals surface area (Å²) in [4.78, 5) is 14.4. The summed E-state index contributed by atoms with van der Waals surface area (Å²) in [5, 5.41) is 0. The Morgan fingerprint density at radius 2 is 0.881 bits per heavy atom. The molecule has 214 valence electrons. The second-order valence-corrected chi connectivity index (χ2v) is 13.1. The lowest BCUT2D eigenvalue weighted by Gasteiger charge is -2.32. The first kappa shape index (κ1) is 28.7. The van der Waals surface area contributed by atoms with Crippen LogP contribution in [0.1, 0.15) is 55.4 Å². The van der Waals surface area contributed by atoms with Crippen molar-refractivity contribution >= 4 is 25.2 Å². The maximum atomic E-state index is 6.45. The number of hydrogen-bond donors (Lipinski definition) is 0. The van der Waals surface area contributed by atoms with Gasteiger partial charge in [0.05, 0.1) is 50.9 Å². The maximum Gasteiger partial charge on any atom is 0.494 e. The van der Waals surface area contributed by atoms with Crippen LogP contribution >= 0.6 is 0 Å². The van der Waals surface area contributed by atoms with E-state index in [-0.39, 0.29) is 0 Å². The van der Waals surface area contributed by atoms with Gasteiger partial charge in [-0.3, -0.25) is 4.98 Å². The van der Waals surface area contributed by atoms with Gasteiger partial charge >= 0.3 is 14.2 Å². The van der Waals surface area contributed by atoms with Crippen LogP contribution < -0.4 is 10.9 Å². The minimum Gasteiger partial charge on any atom is -0.399 e. The fourth-order valence-corrected chi connectivity index (χ4v) is 5.03. The number of hydrogen-bond acceptors (Lipinski definition) is 7. The number of benzene rings is 1. The average molecular weight is 561 g/mol. The van der Waals surface area contributed by atoms with E-state index in [9.17, 15) is 0 Å². The lowest BCUT2D eigenvalue weighted by molar-refractivity contribution is 0.00578. The van der Waals surface area contributed by atoms with Crippen LogP contribution in [-0.2, 0) is 18.6 Å². The van der Waals surface area contributed by atoms with Crippen LogP contribution in [0.2, 0.25) is 0 Å². The molecule has 3 aromatic heterocycles. The molecular formula is C33H37B2N3O4. The molecule has 0 aliphatic carbocycles. The van der Waals surface area contributed by atoms with E-state index in [1.807, 2.05) is 54.6 Å². The Bertz CT molecular complexity index is 1540. The number of rotatable bonds is 5. The highest BCUT2D eigenvalue weighted by Crippen LogP contribution is 2.38. The topological polar surface area (TPSA) is 75.6 Å². The van der Waals surface area contributed by atoms with Crippen molar-refractivity contribution in [2.24, 2.45) is 0 Å². The Labute approximate surface area is 249 Å². The van der Waals surface area contributed by atoms with E-state index in [1.54, 1.807) is 6.20 Å². The summed E-state index contributed by atoms with van der Waals surface area (Å²) in [6.07, 6.45) is 1.77. The zero-order valence-electron chi connectivity index (χ0n) is 25.6. The van der Waals surface area contributed by atoms with Crippen molar-refractivity contribution in [3.8, 4) is 34.0 Å². The summed E-state index contributed by atoms with van der Waals surface area (Å²) in [6, 6.07) is 23.9. The predicted octanol–water partition coefficient (Wildman–Crippen LogP) is 5.47. The SMILES string of the molecule is CC1(C)OB(c2cc(B3OC(C)(C)C(C)(C)O3)cc(-c3cccc(-c4cccc(-c5ccccn5)n4)n3)c2)OC1(C)C. The quantitative estimate of drug-likeness (QED) is 0.299. The van der Waals surface area contributed by atoms with Crippen LogP contribution in [0.5, 0.6) is 0 Å². The van der Waals surface area contributed by atoms with E-state index in [0.29, 0.717) is 0 Å². The Hall–Kier alpha value is -3.36. The van der Waals surface area contributed by atoms with Gasteiger partial charge < -0.3 is 18.6 Å². The largest absolute Gasteiger partial charge is 0.494 e.